The summed E-state index contributed by atoms with van der Waals surface area (Å²) in [7, 11) is 1.28. The molecular weight excluding hydrogens is 246 g/mol. The summed E-state index contributed by atoms with van der Waals surface area (Å²) in [5, 5.41) is 2.82. The first-order valence-electron chi connectivity index (χ1n) is 6.30. The van der Waals surface area contributed by atoms with Crippen LogP contribution in [0.25, 0.3) is 0 Å². The Labute approximate surface area is 111 Å². The maximum atomic E-state index is 11.8. The third-order valence-electron chi connectivity index (χ3n) is 3.17. The third-order valence-corrected chi connectivity index (χ3v) is 3.17. The molecule has 1 aromatic rings. The van der Waals surface area contributed by atoms with Crippen molar-refractivity contribution in [2.24, 2.45) is 5.92 Å². The van der Waals surface area contributed by atoms with Crippen molar-refractivity contribution < 1.29 is 18.7 Å². The molecule has 0 aromatic carbocycles. The minimum atomic E-state index is -0.514. The molecule has 0 saturated carbocycles. The lowest BCUT2D eigenvalue weighted by Crippen LogP contribution is -2.29. The fourth-order valence-corrected chi connectivity index (χ4v) is 2.05. The van der Waals surface area contributed by atoms with E-state index in [0.29, 0.717) is 12.5 Å². The quantitative estimate of drug-likeness (QED) is 0.667. The van der Waals surface area contributed by atoms with Crippen molar-refractivity contribution in [3.63, 3.8) is 0 Å². The fourth-order valence-electron chi connectivity index (χ4n) is 2.05. The van der Waals surface area contributed by atoms with Crippen LogP contribution in [-0.4, -0.2) is 25.5 Å². The first kappa shape index (κ1) is 13.4. The van der Waals surface area contributed by atoms with Crippen LogP contribution in [0, 0.1) is 5.92 Å². The number of ether oxygens (including phenoxy) is 1. The van der Waals surface area contributed by atoms with Gasteiger partial charge in [-0.15, -0.1) is 0 Å². The van der Waals surface area contributed by atoms with E-state index in [0.717, 1.165) is 19.3 Å². The van der Waals surface area contributed by atoms with Crippen LogP contribution in [0.4, 0.5) is 0 Å². The summed E-state index contributed by atoms with van der Waals surface area (Å²) in [6.45, 7) is 0.622. The van der Waals surface area contributed by atoms with E-state index >= 15 is 0 Å². The predicted molar refractivity (Wildman–Crippen MR) is 68.9 cm³/mol. The lowest BCUT2D eigenvalue weighted by molar-refractivity contribution is 0.0599. The van der Waals surface area contributed by atoms with Crippen LogP contribution >= 0.6 is 0 Å². The Kier molecular flexibility index (Phi) is 4.39. The van der Waals surface area contributed by atoms with Gasteiger partial charge in [-0.25, -0.2) is 4.79 Å². The summed E-state index contributed by atoms with van der Waals surface area (Å²) in [6, 6.07) is 1.39. The van der Waals surface area contributed by atoms with Gasteiger partial charge in [0, 0.05) is 12.6 Å². The van der Waals surface area contributed by atoms with Crippen molar-refractivity contribution >= 4 is 11.9 Å². The summed E-state index contributed by atoms with van der Waals surface area (Å²) >= 11 is 0. The highest BCUT2D eigenvalue weighted by Crippen LogP contribution is 2.17. The Morgan fingerprint density at radius 3 is 3.00 bits per heavy atom. The van der Waals surface area contributed by atoms with Crippen LogP contribution in [-0.2, 0) is 4.74 Å². The van der Waals surface area contributed by atoms with Crippen molar-refractivity contribution in [1.82, 2.24) is 5.32 Å². The number of methoxy groups -OCH3 is 1. The smallest absolute Gasteiger partial charge is 0.341 e. The SMILES string of the molecule is COC(=O)c1coc(C(=O)NC[C@@H]2CC=CCC2)c1. The number of hydrogen-bond donors (Lipinski definition) is 1. The average Bonchev–Trinajstić information content (AvgIpc) is 2.95. The molecule has 0 aliphatic heterocycles. The molecule has 2 rings (SSSR count). The van der Waals surface area contributed by atoms with Gasteiger partial charge in [0.2, 0.25) is 0 Å². The van der Waals surface area contributed by atoms with Crippen molar-refractivity contribution in [1.29, 1.82) is 0 Å². The van der Waals surface area contributed by atoms with Gasteiger partial charge in [-0.1, -0.05) is 12.2 Å². The molecule has 1 aliphatic rings. The molecule has 0 spiro atoms. The normalized spacial score (nSPS) is 18.1. The van der Waals surface area contributed by atoms with E-state index < -0.39 is 5.97 Å². The molecular formula is C14H17NO4. The molecule has 1 N–H and O–H groups in total. The maximum absolute atomic E-state index is 11.8. The van der Waals surface area contributed by atoms with Gasteiger partial charge < -0.3 is 14.5 Å². The third kappa shape index (κ3) is 3.47. The number of hydrogen-bond acceptors (Lipinski definition) is 4. The standard InChI is InChI=1S/C14H17NO4/c1-18-14(17)11-7-12(19-9-11)13(16)15-8-10-5-3-2-4-6-10/h2-3,7,9-10H,4-6,8H2,1H3,(H,15,16)/t10-/m1/s1. The zero-order chi connectivity index (χ0) is 13.7. The summed E-state index contributed by atoms with van der Waals surface area (Å²) in [4.78, 5) is 23.1. The lowest BCUT2D eigenvalue weighted by Gasteiger charge is -2.17. The van der Waals surface area contributed by atoms with Gasteiger partial charge in [0.1, 0.15) is 6.26 Å². The second-order valence-corrected chi connectivity index (χ2v) is 4.55. The molecule has 19 heavy (non-hydrogen) atoms. The summed E-state index contributed by atoms with van der Waals surface area (Å²) in [5.41, 5.74) is 0.244. The molecule has 5 nitrogen and oxygen atoms in total. The van der Waals surface area contributed by atoms with E-state index in [1.807, 2.05) is 0 Å². The number of allylic oxidation sites excluding steroid dienone is 2. The molecule has 1 amide bonds. The molecule has 0 radical (unpaired) electrons. The van der Waals surface area contributed by atoms with Crippen LogP contribution < -0.4 is 5.32 Å². The van der Waals surface area contributed by atoms with Gasteiger partial charge in [0.15, 0.2) is 5.76 Å². The van der Waals surface area contributed by atoms with Crippen molar-refractivity contribution in [2.45, 2.75) is 19.3 Å². The molecule has 0 fully saturated rings. The Morgan fingerprint density at radius 2 is 2.32 bits per heavy atom. The lowest BCUT2D eigenvalue weighted by atomic mass is 9.94. The number of amides is 1. The first-order chi connectivity index (χ1) is 9.20. The predicted octanol–water partition coefficient (Wildman–Crippen LogP) is 2.15. The second kappa shape index (κ2) is 6.22. The van der Waals surface area contributed by atoms with Gasteiger partial charge >= 0.3 is 5.97 Å². The highest BCUT2D eigenvalue weighted by Gasteiger charge is 2.17. The number of rotatable bonds is 4. The molecule has 1 heterocycles. The van der Waals surface area contributed by atoms with Crippen molar-refractivity contribution in [2.75, 3.05) is 13.7 Å². The number of nitrogens with one attached hydrogen (secondary N) is 1. The van der Waals surface area contributed by atoms with Gasteiger partial charge in [-0.3, -0.25) is 4.79 Å². The van der Waals surface area contributed by atoms with Gasteiger partial charge in [0.25, 0.3) is 5.91 Å². The van der Waals surface area contributed by atoms with Gasteiger partial charge in [-0.2, -0.15) is 0 Å². The van der Waals surface area contributed by atoms with Crippen molar-refractivity contribution in [3.05, 3.63) is 35.8 Å². The Hall–Kier alpha value is -2.04. The molecule has 0 unspecified atom stereocenters. The van der Waals surface area contributed by atoms with Crippen LogP contribution in [0.15, 0.2) is 28.9 Å². The minimum Gasteiger partial charge on any atom is -0.465 e. The molecule has 1 atom stereocenters. The highest BCUT2D eigenvalue weighted by molar-refractivity contribution is 5.96. The highest BCUT2D eigenvalue weighted by atomic mass is 16.5. The summed E-state index contributed by atoms with van der Waals surface area (Å²) in [6.07, 6.45) is 8.67. The zero-order valence-electron chi connectivity index (χ0n) is 10.8. The van der Waals surface area contributed by atoms with Crippen LogP contribution in [0.2, 0.25) is 0 Å². The fraction of sp³-hybridized carbons (Fsp3) is 0.429. The second-order valence-electron chi connectivity index (χ2n) is 4.55. The van der Waals surface area contributed by atoms with Gasteiger partial charge in [0.05, 0.1) is 12.7 Å². The average molecular weight is 263 g/mol. The molecule has 5 heteroatoms. The van der Waals surface area contributed by atoms with Gasteiger partial charge in [-0.05, 0) is 25.2 Å². The van der Waals surface area contributed by atoms with Crippen LogP contribution in [0.5, 0.6) is 0 Å². The minimum absolute atomic E-state index is 0.131. The van der Waals surface area contributed by atoms with E-state index in [9.17, 15) is 9.59 Å². The topological polar surface area (TPSA) is 68.5 Å². The van der Waals surface area contributed by atoms with E-state index in [1.54, 1.807) is 0 Å². The van der Waals surface area contributed by atoms with E-state index in [4.69, 9.17) is 4.42 Å². The van der Waals surface area contributed by atoms with E-state index in [1.165, 1.54) is 19.4 Å². The number of carbonyl (C=O) groups is 2. The molecule has 0 bridgehead atoms. The number of esters is 1. The largest absolute Gasteiger partial charge is 0.465 e. The molecule has 1 aliphatic carbocycles. The Balaban J connectivity index is 1.87. The Bertz CT molecular complexity index is 489. The summed E-state index contributed by atoms with van der Waals surface area (Å²) in [5.74, 6) is -0.208. The number of furan rings is 1. The first-order valence-corrected chi connectivity index (χ1v) is 6.30. The molecule has 0 saturated heterocycles. The van der Waals surface area contributed by atoms with E-state index in [-0.39, 0.29) is 17.2 Å². The maximum Gasteiger partial charge on any atom is 0.341 e. The van der Waals surface area contributed by atoms with Crippen molar-refractivity contribution in [3.8, 4) is 0 Å². The zero-order valence-corrected chi connectivity index (χ0v) is 10.8. The van der Waals surface area contributed by atoms with Crippen LogP contribution in [0.1, 0.15) is 40.2 Å². The molecule has 1 aromatic heterocycles. The van der Waals surface area contributed by atoms with Crippen LogP contribution in [0.3, 0.4) is 0 Å². The Morgan fingerprint density at radius 1 is 1.47 bits per heavy atom. The van der Waals surface area contributed by atoms with E-state index in [2.05, 4.69) is 22.2 Å². The molecule has 102 valence electrons. The number of carbonyl (C=O) groups excluding carboxylic acids is 2. The summed E-state index contributed by atoms with van der Waals surface area (Å²) < 4.78 is 9.61. The monoisotopic (exact) mass is 263 g/mol.